The molecule has 0 saturated heterocycles. The number of carbonyl (C=O) groups excluding carboxylic acids is 1. The lowest BCUT2D eigenvalue weighted by atomic mass is 10.3. The Bertz CT molecular complexity index is 736. The van der Waals surface area contributed by atoms with Crippen molar-refractivity contribution in [3.05, 3.63) is 57.4 Å². The van der Waals surface area contributed by atoms with Gasteiger partial charge in [0.25, 0.3) is 5.56 Å². The van der Waals surface area contributed by atoms with E-state index in [0.29, 0.717) is 5.69 Å². The molecule has 0 bridgehead atoms. The number of amides is 1. The molecule has 0 unspecified atom stereocenters. The Balaban J connectivity index is 2.13. The number of aromatic nitrogens is 2. The van der Waals surface area contributed by atoms with E-state index in [-0.39, 0.29) is 12.5 Å². The highest BCUT2D eigenvalue weighted by Crippen LogP contribution is 2.24. The number of hydrogen-bond acceptors (Lipinski definition) is 4. The van der Waals surface area contributed by atoms with Crippen LogP contribution in [0.2, 0.25) is 0 Å². The molecular formula is C13H13N3O3S. The molecule has 6 nitrogen and oxygen atoms in total. The lowest BCUT2D eigenvalue weighted by Crippen LogP contribution is -2.32. The summed E-state index contributed by atoms with van der Waals surface area (Å²) in [5.74, 6) is -0.333. The van der Waals surface area contributed by atoms with Crippen LogP contribution in [0.3, 0.4) is 0 Å². The van der Waals surface area contributed by atoms with Gasteiger partial charge in [-0.3, -0.25) is 19.1 Å². The van der Waals surface area contributed by atoms with Gasteiger partial charge < -0.3 is 5.32 Å². The van der Waals surface area contributed by atoms with Crippen molar-refractivity contribution in [2.75, 3.05) is 11.6 Å². The van der Waals surface area contributed by atoms with Gasteiger partial charge in [0.05, 0.1) is 5.69 Å². The van der Waals surface area contributed by atoms with Gasteiger partial charge in [-0.15, -0.1) is 11.8 Å². The number of benzene rings is 1. The summed E-state index contributed by atoms with van der Waals surface area (Å²) in [6, 6.07) is 8.59. The first-order chi connectivity index (χ1) is 9.60. The zero-order valence-corrected chi connectivity index (χ0v) is 11.6. The molecule has 0 spiro atoms. The summed E-state index contributed by atoms with van der Waals surface area (Å²) in [5.41, 5.74) is -0.396. The van der Waals surface area contributed by atoms with E-state index < -0.39 is 11.2 Å². The first kappa shape index (κ1) is 14.1. The molecule has 20 heavy (non-hydrogen) atoms. The van der Waals surface area contributed by atoms with Crippen LogP contribution in [-0.4, -0.2) is 21.7 Å². The molecule has 0 saturated carbocycles. The summed E-state index contributed by atoms with van der Waals surface area (Å²) in [6.07, 6.45) is 3.21. The van der Waals surface area contributed by atoms with E-state index in [0.717, 1.165) is 9.46 Å². The molecule has 0 aliphatic rings. The second-order valence-corrected chi connectivity index (χ2v) is 4.83. The zero-order chi connectivity index (χ0) is 14.5. The lowest BCUT2D eigenvalue weighted by Gasteiger charge is -2.09. The number of nitrogens with one attached hydrogen (secondary N) is 2. The Labute approximate surface area is 118 Å². The smallest absolute Gasteiger partial charge is 0.324 e. The molecule has 2 rings (SSSR count). The third-order valence-electron chi connectivity index (χ3n) is 2.59. The van der Waals surface area contributed by atoms with E-state index in [9.17, 15) is 14.4 Å². The van der Waals surface area contributed by atoms with Crippen molar-refractivity contribution >= 4 is 23.4 Å². The number of aromatic amines is 1. The van der Waals surface area contributed by atoms with Crippen molar-refractivity contribution in [3.8, 4) is 0 Å². The molecule has 0 atom stereocenters. The second kappa shape index (κ2) is 6.25. The van der Waals surface area contributed by atoms with Crippen LogP contribution in [-0.2, 0) is 11.3 Å². The molecule has 7 heteroatoms. The van der Waals surface area contributed by atoms with Gasteiger partial charge in [-0.25, -0.2) is 4.79 Å². The Morgan fingerprint density at radius 2 is 2.05 bits per heavy atom. The largest absolute Gasteiger partial charge is 0.328 e. The number of hydrogen-bond donors (Lipinski definition) is 2. The quantitative estimate of drug-likeness (QED) is 0.820. The molecule has 1 aromatic heterocycles. The van der Waals surface area contributed by atoms with Gasteiger partial charge in [-0.2, -0.15) is 0 Å². The first-order valence-electron chi connectivity index (χ1n) is 5.83. The topological polar surface area (TPSA) is 84.0 Å². The number of para-hydroxylation sites is 1. The van der Waals surface area contributed by atoms with Crippen molar-refractivity contribution in [1.82, 2.24) is 9.55 Å². The fourth-order valence-corrected chi connectivity index (χ4v) is 2.21. The first-order valence-corrected chi connectivity index (χ1v) is 7.05. The monoisotopic (exact) mass is 291 g/mol. The zero-order valence-electron chi connectivity index (χ0n) is 10.8. The Kier molecular flexibility index (Phi) is 4.41. The van der Waals surface area contributed by atoms with Crippen LogP contribution in [0.25, 0.3) is 0 Å². The molecule has 2 N–H and O–H groups in total. The molecule has 0 aliphatic carbocycles. The second-order valence-electron chi connectivity index (χ2n) is 3.99. The summed E-state index contributed by atoms with van der Waals surface area (Å²) < 4.78 is 1.14. The van der Waals surface area contributed by atoms with Crippen molar-refractivity contribution in [3.63, 3.8) is 0 Å². The molecule has 2 aromatic rings. The van der Waals surface area contributed by atoms with Crippen LogP contribution >= 0.6 is 11.8 Å². The Morgan fingerprint density at radius 3 is 2.75 bits per heavy atom. The highest BCUT2D eigenvalue weighted by atomic mass is 32.2. The highest BCUT2D eigenvalue weighted by molar-refractivity contribution is 7.98. The van der Waals surface area contributed by atoms with Crippen molar-refractivity contribution in [2.45, 2.75) is 11.4 Å². The summed E-state index contributed by atoms with van der Waals surface area (Å²) in [6.45, 7) is -0.154. The fraction of sp³-hybridized carbons (Fsp3) is 0.154. The van der Waals surface area contributed by atoms with Crippen LogP contribution < -0.4 is 16.6 Å². The molecule has 1 amide bonds. The maximum absolute atomic E-state index is 11.9. The molecule has 1 aromatic carbocycles. The summed E-state index contributed by atoms with van der Waals surface area (Å²) in [7, 11) is 0. The van der Waals surface area contributed by atoms with Gasteiger partial charge in [0.1, 0.15) is 6.54 Å². The van der Waals surface area contributed by atoms with Gasteiger partial charge in [0.2, 0.25) is 5.91 Å². The molecule has 0 radical (unpaired) electrons. The number of anilines is 1. The minimum atomic E-state index is -0.606. The van der Waals surface area contributed by atoms with E-state index in [1.165, 1.54) is 24.0 Å². The predicted molar refractivity (Wildman–Crippen MR) is 78.2 cm³/mol. The van der Waals surface area contributed by atoms with E-state index in [2.05, 4.69) is 10.3 Å². The third kappa shape index (κ3) is 3.39. The number of carbonyl (C=O) groups is 1. The van der Waals surface area contributed by atoms with Crippen LogP contribution in [0.4, 0.5) is 5.69 Å². The molecule has 0 fully saturated rings. The minimum Gasteiger partial charge on any atom is -0.324 e. The van der Waals surface area contributed by atoms with Crippen molar-refractivity contribution < 1.29 is 4.79 Å². The average molecular weight is 291 g/mol. The van der Waals surface area contributed by atoms with Gasteiger partial charge in [0.15, 0.2) is 0 Å². The number of rotatable bonds is 4. The molecule has 1 heterocycles. The van der Waals surface area contributed by atoms with Gasteiger partial charge in [0, 0.05) is 17.2 Å². The minimum absolute atomic E-state index is 0.154. The summed E-state index contributed by atoms with van der Waals surface area (Å²) in [5, 5.41) is 2.74. The van der Waals surface area contributed by atoms with E-state index in [1.807, 2.05) is 24.5 Å². The number of nitrogens with zero attached hydrogens (tertiary/aromatic N) is 1. The summed E-state index contributed by atoms with van der Waals surface area (Å²) >= 11 is 1.52. The third-order valence-corrected chi connectivity index (χ3v) is 3.39. The molecule has 0 aliphatic heterocycles. The van der Waals surface area contributed by atoms with E-state index >= 15 is 0 Å². The van der Waals surface area contributed by atoms with Crippen molar-refractivity contribution in [1.29, 1.82) is 0 Å². The van der Waals surface area contributed by atoms with Gasteiger partial charge in [-0.05, 0) is 18.4 Å². The lowest BCUT2D eigenvalue weighted by molar-refractivity contribution is -0.116. The summed E-state index contributed by atoms with van der Waals surface area (Å²) in [4.78, 5) is 37.4. The number of H-pyrrole nitrogens is 1. The maximum atomic E-state index is 11.9. The SMILES string of the molecule is CSc1ccccc1NC(=O)Cn1ccc(=O)[nH]c1=O. The van der Waals surface area contributed by atoms with E-state index in [1.54, 1.807) is 6.07 Å². The maximum Gasteiger partial charge on any atom is 0.328 e. The van der Waals surface area contributed by atoms with Crippen LogP contribution in [0, 0.1) is 0 Å². The molecule has 104 valence electrons. The van der Waals surface area contributed by atoms with Crippen LogP contribution in [0.5, 0.6) is 0 Å². The molecular weight excluding hydrogens is 278 g/mol. The standard InChI is InChI=1S/C13H13N3O3S/c1-20-10-5-3-2-4-9(10)14-12(18)8-16-7-6-11(17)15-13(16)19/h2-7H,8H2,1H3,(H,14,18)(H,15,17,19). The Morgan fingerprint density at radius 1 is 1.30 bits per heavy atom. The van der Waals surface area contributed by atoms with Gasteiger partial charge >= 0.3 is 5.69 Å². The van der Waals surface area contributed by atoms with Crippen LogP contribution in [0.15, 0.2) is 51.0 Å². The Hall–Kier alpha value is -2.28. The van der Waals surface area contributed by atoms with Gasteiger partial charge in [-0.1, -0.05) is 12.1 Å². The predicted octanol–water partition coefficient (Wildman–Crippen LogP) is 0.897. The average Bonchev–Trinajstić information content (AvgIpc) is 2.42. The fourth-order valence-electron chi connectivity index (χ4n) is 1.66. The highest BCUT2D eigenvalue weighted by Gasteiger charge is 2.07. The van der Waals surface area contributed by atoms with E-state index in [4.69, 9.17) is 0 Å². The van der Waals surface area contributed by atoms with Crippen molar-refractivity contribution in [2.24, 2.45) is 0 Å². The normalized spacial score (nSPS) is 10.2. The number of thioether (sulfide) groups is 1. The van der Waals surface area contributed by atoms with Crippen LogP contribution in [0.1, 0.15) is 0 Å².